The van der Waals surface area contributed by atoms with Gasteiger partial charge in [0, 0.05) is 51.3 Å². The molecule has 0 bridgehead atoms. The summed E-state index contributed by atoms with van der Waals surface area (Å²) < 4.78 is 1.76. The van der Waals surface area contributed by atoms with Crippen molar-refractivity contribution in [1.82, 2.24) is 30.4 Å². The molecule has 0 spiro atoms. The number of amides is 2. The van der Waals surface area contributed by atoms with Crippen LogP contribution in [0.4, 0.5) is 10.7 Å². The summed E-state index contributed by atoms with van der Waals surface area (Å²) in [4.78, 5) is 22.7. The van der Waals surface area contributed by atoms with E-state index in [9.17, 15) is 4.79 Å². The maximum absolute atomic E-state index is 12.1. The molecule has 1 fully saturated rings. The molecule has 128 valence electrons. The summed E-state index contributed by atoms with van der Waals surface area (Å²) in [5.41, 5.74) is 1.11. The molecule has 2 aromatic heterocycles. The van der Waals surface area contributed by atoms with Crippen LogP contribution in [0.1, 0.15) is 18.4 Å². The molecule has 0 aliphatic carbocycles. The fourth-order valence-electron chi connectivity index (χ4n) is 2.89. The minimum Gasteiger partial charge on any atom is -0.339 e. The number of nitrogens with zero attached hydrogens (tertiary/aromatic N) is 5. The number of piperidine rings is 1. The first-order valence-electron chi connectivity index (χ1n) is 8.24. The molecule has 3 heterocycles. The third kappa shape index (κ3) is 4.43. The van der Waals surface area contributed by atoms with Crippen LogP contribution >= 0.6 is 0 Å². The standard InChI is InChI=1S/C16H23N7O/c1-22-11-13(10-20-22)5-8-19-16(24)21-14-4-2-9-23(12-14)15-17-6-3-7-18-15/h3,6-7,10-11,14H,2,4-5,8-9,12H2,1H3,(H2,19,21,24)/t14-/m0/s1. The normalized spacial score (nSPS) is 17.5. The molecule has 0 unspecified atom stereocenters. The van der Waals surface area contributed by atoms with E-state index in [1.807, 2.05) is 19.4 Å². The van der Waals surface area contributed by atoms with Gasteiger partial charge >= 0.3 is 6.03 Å². The molecule has 1 saturated heterocycles. The van der Waals surface area contributed by atoms with E-state index in [0.29, 0.717) is 6.54 Å². The van der Waals surface area contributed by atoms with Gasteiger partial charge in [0.25, 0.3) is 0 Å². The number of carbonyl (C=O) groups is 1. The van der Waals surface area contributed by atoms with E-state index in [2.05, 4.69) is 30.6 Å². The zero-order valence-electron chi connectivity index (χ0n) is 13.9. The third-order valence-electron chi connectivity index (χ3n) is 4.05. The summed E-state index contributed by atoms with van der Waals surface area (Å²) in [6.45, 7) is 2.25. The zero-order chi connectivity index (χ0) is 16.8. The minimum atomic E-state index is -0.125. The van der Waals surface area contributed by atoms with E-state index in [1.165, 1.54) is 0 Å². The summed E-state index contributed by atoms with van der Waals surface area (Å²) in [6, 6.07) is 1.79. The van der Waals surface area contributed by atoms with Crippen molar-refractivity contribution in [3.63, 3.8) is 0 Å². The highest BCUT2D eigenvalue weighted by molar-refractivity contribution is 5.74. The van der Waals surface area contributed by atoms with Crippen molar-refractivity contribution in [2.24, 2.45) is 7.05 Å². The molecule has 3 rings (SSSR count). The molecule has 24 heavy (non-hydrogen) atoms. The van der Waals surface area contributed by atoms with E-state index in [1.54, 1.807) is 23.1 Å². The van der Waals surface area contributed by atoms with E-state index in [0.717, 1.165) is 43.9 Å². The number of nitrogens with one attached hydrogen (secondary N) is 2. The van der Waals surface area contributed by atoms with Crippen molar-refractivity contribution in [3.8, 4) is 0 Å². The minimum absolute atomic E-state index is 0.112. The van der Waals surface area contributed by atoms with Gasteiger partial charge in [-0.1, -0.05) is 0 Å². The lowest BCUT2D eigenvalue weighted by molar-refractivity contribution is 0.235. The Hall–Kier alpha value is -2.64. The number of rotatable bonds is 5. The first kappa shape index (κ1) is 16.2. The fraction of sp³-hybridized carbons (Fsp3) is 0.500. The summed E-state index contributed by atoms with van der Waals surface area (Å²) in [7, 11) is 1.88. The van der Waals surface area contributed by atoms with Crippen molar-refractivity contribution >= 4 is 12.0 Å². The molecule has 1 aliphatic rings. The lowest BCUT2D eigenvalue weighted by Gasteiger charge is -2.33. The monoisotopic (exact) mass is 329 g/mol. The molecule has 8 heteroatoms. The molecular weight excluding hydrogens is 306 g/mol. The van der Waals surface area contributed by atoms with Crippen LogP contribution in [0, 0.1) is 0 Å². The highest BCUT2D eigenvalue weighted by Gasteiger charge is 2.22. The fourth-order valence-corrected chi connectivity index (χ4v) is 2.89. The van der Waals surface area contributed by atoms with E-state index in [-0.39, 0.29) is 12.1 Å². The smallest absolute Gasteiger partial charge is 0.315 e. The van der Waals surface area contributed by atoms with Crippen molar-refractivity contribution in [2.75, 3.05) is 24.5 Å². The SMILES string of the molecule is Cn1cc(CCNC(=O)N[C@H]2CCCN(c3ncccn3)C2)cn1. The Morgan fingerprint density at radius 2 is 2.21 bits per heavy atom. The number of hydrogen-bond donors (Lipinski definition) is 2. The number of urea groups is 1. The quantitative estimate of drug-likeness (QED) is 0.844. The van der Waals surface area contributed by atoms with Gasteiger partial charge in [-0.05, 0) is 30.9 Å². The molecular formula is C16H23N7O. The predicted octanol–water partition coefficient (Wildman–Crippen LogP) is 0.721. The Labute approximate surface area is 141 Å². The average Bonchev–Trinajstić information content (AvgIpc) is 3.01. The lowest BCUT2D eigenvalue weighted by Crippen LogP contribution is -2.51. The average molecular weight is 329 g/mol. The van der Waals surface area contributed by atoms with Crippen molar-refractivity contribution in [1.29, 1.82) is 0 Å². The van der Waals surface area contributed by atoms with Crippen molar-refractivity contribution < 1.29 is 4.79 Å². The van der Waals surface area contributed by atoms with Crippen LogP contribution in [-0.2, 0) is 13.5 Å². The number of aromatic nitrogens is 4. The zero-order valence-corrected chi connectivity index (χ0v) is 13.9. The van der Waals surface area contributed by atoms with E-state index >= 15 is 0 Å². The predicted molar refractivity (Wildman–Crippen MR) is 90.7 cm³/mol. The van der Waals surface area contributed by atoms with Gasteiger partial charge < -0.3 is 15.5 Å². The third-order valence-corrected chi connectivity index (χ3v) is 4.05. The summed E-state index contributed by atoms with van der Waals surface area (Å²) in [5.74, 6) is 0.723. The molecule has 1 aliphatic heterocycles. The largest absolute Gasteiger partial charge is 0.339 e. The number of hydrogen-bond acceptors (Lipinski definition) is 5. The topological polar surface area (TPSA) is 88.0 Å². The summed E-state index contributed by atoms with van der Waals surface area (Å²) in [6.07, 6.45) is 10.0. The van der Waals surface area contributed by atoms with Crippen LogP contribution in [0.3, 0.4) is 0 Å². The van der Waals surface area contributed by atoms with Gasteiger partial charge in [0.1, 0.15) is 0 Å². The van der Waals surface area contributed by atoms with Gasteiger partial charge in [0.15, 0.2) is 0 Å². The molecule has 0 aromatic carbocycles. The van der Waals surface area contributed by atoms with E-state index < -0.39 is 0 Å². The van der Waals surface area contributed by atoms with Gasteiger partial charge in [-0.2, -0.15) is 5.10 Å². The lowest BCUT2D eigenvalue weighted by atomic mass is 10.1. The highest BCUT2D eigenvalue weighted by Crippen LogP contribution is 2.15. The Morgan fingerprint density at radius 3 is 2.96 bits per heavy atom. The molecule has 0 saturated carbocycles. The number of aryl methyl sites for hydroxylation is 1. The Morgan fingerprint density at radius 1 is 1.38 bits per heavy atom. The van der Waals surface area contributed by atoms with Gasteiger partial charge in [-0.25, -0.2) is 14.8 Å². The van der Waals surface area contributed by atoms with Crippen LogP contribution in [0.5, 0.6) is 0 Å². The second-order valence-corrected chi connectivity index (χ2v) is 6.01. The summed E-state index contributed by atoms with van der Waals surface area (Å²) in [5, 5.41) is 10.1. The molecule has 0 radical (unpaired) electrons. The maximum Gasteiger partial charge on any atom is 0.315 e. The molecule has 2 amide bonds. The van der Waals surface area contributed by atoms with Crippen molar-refractivity contribution in [2.45, 2.75) is 25.3 Å². The molecule has 2 aromatic rings. The second kappa shape index (κ2) is 7.76. The number of carbonyl (C=O) groups excluding carboxylic acids is 1. The van der Waals surface area contributed by atoms with Crippen LogP contribution in [0.15, 0.2) is 30.9 Å². The van der Waals surface area contributed by atoms with Gasteiger partial charge in [-0.15, -0.1) is 0 Å². The van der Waals surface area contributed by atoms with Gasteiger partial charge in [-0.3, -0.25) is 4.68 Å². The van der Waals surface area contributed by atoms with Crippen LogP contribution < -0.4 is 15.5 Å². The second-order valence-electron chi connectivity index (χ2n) is 6.01. The van der Waals surface area contributed by atoms with Crippen molar-refractivity contribution in [3.05, 3.63) is 36.4 Å². The van der Waals surface area contributed by atoms with Gasteiger partial charge in [0.05, 0.1) is 6.20 Å². The Kier molecular flexibility index (Phi) is 5.25. The number of anilines is 1. The Bertz CT molecular complexity index is 657. The van der Waals surface area contributed by atoms with E-state index in [4.69, 9.17) is 0 Å². The molecule has 1 atom stereocenters. The molecule has 2 N–H and O–H groups in total. The maximum atomic E-state index is 12.1. The highest BCUT2D eigenvalue weighted by atomic mass is 16.2. The van der Waals surface area contributed by atoms with Crippen LogP contribution in [-0.4, -0.2) is 51.5 Å². The van der Waals surface area contributed by atoms with Crippen LogP contribution in [0.2, 0.25) is 0 Å². The summed E-state index contributed by atoms with van der Waals surface area (Å²) >= 11 is 0. The molecule has 8 nitrogen and oxygen atoms in total. The van der Waals surface area contributed by atoms with Gasteiger partial charge in [0.2, 0.25) is 5.95 Å². The first-order chi connectivity index (χ1) is 11.7. The Balaban J connectivity index is 1.42. The first-order valence-corrected chi connectivity index (χ1v) is 8.24. The van der Waals surface area contributed by atoms with Crippen LogP contribution in [0.25, 0.3) is 0 Å².